The first-order valence-electron chi connectivity index (χ1n) is 6.33. The van der Waals surface area contributed by atoms with Gasteiger partial charge < -0.3 is 0 Å². The minimum Gasteiger partial charge on any atom is -0.295 e. The van der Waals surface area contributed by atoms with Gasteiger partial charge in [-0.15, -0.1) is 0 Å². The summed E-state index contributed by atoms with van der Waals surface area (Å²) in [5.41, 5.74) is 0. The van der Waals surface area contributed by atoms with Gasteiger partial charge in [-0.3, -0.25) is 4.90 Å². The highest BCUT2D eigenvalue weighted by Gasteiger charge is 2.32. The Balaban J connectivity index is 2.39. The predicted molar refractivity (Wildman–Crippen MR) is 71.6 cm³/mol. The third kappa shape index (κ3) is 6.51. The zero-order valence-electron chi connectivity index (χ0n) is 11.5. The van der Waals surface area contributed by atoms with Gasteiger partial charge in [0, 0.05) is 6.21 Å². The summed E-state index contributed by atoms with van der Waals surface area (Å²) in [6.45, 7) is 5.51. The molecule has 1 saturated heterocycles. The molecular formula is C12H21F3N2OS. The molecule has 0 aliphatic carbocycles. The van der Waals surface area contributed by atoms with Crippen LogP contribution in [0, 0.1) is 5.92 Å². The Labute approximate surface area is 114 Å². The van der Waals surface area contributed by atoms with E-state index in [1.165, 1.54) is 4.90 Å². The quantitative estimate of drug-likeness (QED) is 0.751. The predicted octanol–water partition coefficient (Wildman–Crippen LogP) is 2.79. The topological polar surface area (TPSA) is 32.7 Å². The molecule has 1 fully saturated rings. The summed E-state index contributed by atoms with van der Waals surface area (Å²) >= 11 is 0. The number of hydrogen-bond donors (Lipinski definition) is 0. The minimum absolute atomic E-state index is 0.135. The second-order valence-corrected chi connectivity index (χ2v) is 7.78. The zero-order chi connectivity index (χ0) is 14.7. The van der Waals surface area contributed by atoms with E-state index in [1.807, 2.05) is 20.8 Å². The van der Waals surface area contributed by atoms with E-state index in [2.05, 4.69) is 4.40 Å². The van der Waals surface area contributed by atoms with Crippen molar-refractivity contribution in [2.45, 2.75) is 44.5 Å². The van der Waals surface area contributed by atoms with E-state index in [0.29, 0.717) is 25.9 Å². The third-order valence-corrected chi connectivity index (χ3v) is 4.29. The summed E-state index contributed by atoms with van der Waals surface area (Å²) in [6, 6.07) is 0. The van der Waals surface area contributed by atoms with Crippen molar-refractivity contribution in [2.24, 2.45) is 10.3 Å². The van der Waals surface area contributed by atoms with Gasteiger partial charge in [-0.05, 0) is 52.6 Å². The van der Waals surface area contributed by atoms with Crippen molar-refractivity contribution < 1.29 is 17.4 Å². The van der Waals surface area contributed by atoms with E-state index in [-0.39, 0.29) is 5.92 Å². The van der Waals surface area contributed by atoms with E-state index in [0.717, 1.165) is 0 Å². The summed E-state index contributed by atoms with van der Waals surface area (Å²) in [4.78, 5) is 1.41. The first-order valence-corrected chi connectivity index (χ1v) is 7.44. The Hall–Kier alpha value is -0.430. The van der Waals surface area contributed by atoms with Crippen LogP contribution in [0.25, 0.3) is 0 Å². The van der Waals surface area contributed by atoms with Crippen LogP contribution >= 0.6 is 0 Å². The van der Waals surface area contributed by atoms with Crippen LogP contribution in [0.3, 0.4) is 0 Å². The largest absolute Gasteiger partial charge is 0.401 e. The van der Waals surface area contributed by atoms with Crippen molar-refractivity contribution in [3.05, 3.63) is 0 Å². The summed E-state index contributed by atoms with van der Waals surface area (Å²) in [7, 11) is -1.29. The Kier molecular flexibility index (Phi) is 5.55. The highest BCUT2D eigenvalue weighted by molar-refractivity contribution is 7.85. The Morgan fingerprint density at radius 3 is 2.21 bits per heavy atom. The lowest BCUT2D eigenvalue weighted by Crippen LogP contribution is -2.40. The van der Waals surface area contributed by atoms with Gasteiger partial charge in [0.2, 0.25) is 0 Å². The fourth-order valence-electron chi connectivity index (χ4n) is 1.81. The molecule has 0 spiro atoms. The van der Waals surface area contributed by atoms with E-state index in [1.54, 1.807) is 6.21 Å². The van der Waals surface area contributed by atoms with Gasteiger partial charge in [-0.1, -0.05) is 0 Å². The van der Waals surface area contributed by atoms with Crippen molar-refractivity contribution in [1.82, 2.24) is 4.90 Å². The van der Waals surface area contributed by atoms with E-state index < -0.39 is 28.5 Å². The van der Waals surface area contributed by atoms with Crippen LogP contribution in [0.5, 0.6) is 0 Å². The SMILES string of the molecule is CC(C)(C)[S@](=O)N=CC1CCN(CC(F)(F)F)CC1. The van der Waals surface area contributed by atoms with Gasteiger partial charge in [0.25, 0.3) is 0 Å². The molecule has 112 valence electrons. The molecule has 1 atom stereocenters. The maximum atomic E-state index is 12.2. The second kappa shape index (κ2) is 6.35. The highest BCUT2D eigenvalue weighted by Crippen LogP contribution is 2.22. The van der Waals surface area contributed by atoms with Gasteiger partial charge in [-0.2, -0.15) is 17.6 Å². The lowest BCUT2D eigenvalue weighted by Gasteiger charge is -2.30. The molecular weight excluding hydrogens is 277 g/mol. The molecule has 1 aliphatic rings. The van der Waals surface area contributed by atoms with Crippen molar-refractivity contribution in [2.75, 3.05) is 19.6 Å². The number of rotatable bonds is 3. The standard InChI is InChI=1S/C12H21F3N2OS/c1-11(2,3)19(18)16-8-10-4-6-17(7-5-10)9-12(13,14)15/h8,10H,4-7,9H2,1-3H3/t19-/m0/s1. The lowest BCUT2D eigenvalue weighted by atomic mass is 9.98. The Morgan fingerprint density at radius 2 is 1.79 bits per heavy atom. The molecule has 19 heavy (non-hydrogen) atoms. The van der Waals surface area contributed by atoms with E-state index in [9.17, 15) is 17.4 Å². The van der Waals surface area contributed by atoms with E-state index in [4.69, 9.17) is 0 Å². The second-order valence-electron chi connectivity index (χ2n) is 5.84. The van der Waals surface area contributed by atoms with Crippen molar-refractivity contribution in [3.63, 3.8) is 0 Å². The molecule has 0 saturated carbocycles. The van der Waals surface area contributed by atoms with Gasteiger partial charge >= 0.3 is 6.18 Å². The van der Waals surface area contributed by atoms with Gasteiger partial charge in [0.1, 0.15) is 11.0 Å². The van der Waals surface area contributed by atoms with Gasteiger partial charge in [-0.25, -0.2) is 4.21 Å². The maximum absolute atomic E-state index is 12.2. The molecule has 0 aromatic heterocycles. The molecule has 3 nitrogen and oxygen atoms in total. The molecule has 0 radical (unpaired) electrons. The van der Waals surface area contributed by atoms with Crippen molar-refractivity contribution in [3.8, 4) is 0 Å². The first-order chi connectivity index (χ1) is 8.58. The number of likely N-dealkylation sites (tertiary alicyclic amines) is 1. The molecule has 0 bridgehead atoms. The lowest BCUT2D eigenvalue weighted by molar-refractivity contribution is -0.148. The van der Waals surface area contributed by atoms with Gasteiger partial charge in [0.15, 0.2) is 0 Å². The van der Waals surface area contributed by atoms with Crippen LogP contribution in [0.15, 0.2) is 4.40 Å². The molecule has 0 amide bonds. The number of nitrogens with zero attached hydrogens (tertiary/aromatic N) is 2. The smallest absolute Gasteiger partial charge is 0.295 e. The molecule has 1 rings (SSSR count). The van der Waals surface area contributed by atoms with Crippen LogP contribution in [0.1, 0.15) is 33.6 Å². The highest BCUT2D eigenvalue weighted by atomic mass is 32.2. The summed E-state index contributed by atoms with van der Waals surface area (Å²) < 4.78 is 52.0. The van der Waals surface area contributed by atoms with Crippen LogP contribution in [-0.4, -0.2) is 45.9 Å². The number of hydrogen-bond acceptors (Lipinski definition) is 2. The first kappa shape index (κ1) is 16.6. The van der Waals surface area contributed by atoms with E-state index >= 15 is 0 Å². The summed E-state index contributed by atoms with van der Waals surface area (Å²) in [6.07, 6.45) is -1.19. The van der Waals surface area contributed by atoms with Crippen LogP contribution in [-0.2, 0) is 11.0 Å². The molecule has 0 aromatic rings. The number of alkyl halides is 3. The monoisotopic (exact) mass is 298 g/mol. The number of piperidine rings is 1. The molecule has 0 aromatic carbocycles. The third-order valence-electron chi connectivity index (χ3n) is 2.93. The molecule has 0 unspecified atom stereocenters. The number of halogens is 3. The fraction of sp³-hybridized carbons (Fsp3) is 0.917. The fourth-order valence-corrected chi connectivity index (χ4v) is 2.41. The molecule has 0 N–H and O–H groups in total. The van der Waals surface area contributed by atoms with Crippen LogP contribution in [0.2, 0.25) is 0 Å². The van der Waals surface area contributed by atoms with Gasteiger partial charge in [0.05, 0.1) is 11.3 Å². The van der Waals surface area contributed by atoms with Crippen molar-refractivity contribution in [1.29, 1.82) is 0 Å². The van der Waals surface area contributed by atoms with Crippen molar-refractivity contribution >= 4 is 17.2 Å². The van der Waals surface area contributed by atoms with Crippen LogP contribution < -0.4 is 0 Å². The normalized spacial score (nSPS) is 22.0. The van der Waals surface area contributed by atoms with Crippen LogP contribution in [0.4, 0.5) is 13.2 Å². The molecule has 1 heterocycles. The maximum Gasteiger partial charge on any atom is 0.401 e. The average molecular weight is 298 g/mol. The Morgan fingerprint density at radius 1 is 1.26 bits per heavy atom. The Bertz CT molecular complexity index is 342. The summed E-state index contributed by atoms with van der Waals surface area (Å²) in [5.74, 6) is 0.135. The molecule has 1 aliphatic heterocycles. The minimum atomic E-state index is -4.13. The summed E-state index contributed by atoms with van der Waals surface area (Å²) in [5, 5.41) is 0. The molecule has 7 heteroatoms. The zero-order valence-corrected chi connectivity index (χ0v) is 12.4. The average Bonchev–Trinajstić information content (AvgIpc) is 2.24.